The van der Waals surface area contributed by atoms with Crippen LogP contribution in [-0.4, -0.2) is 47.5 Å². The molecule has 2 aliphatic heterocycles. The zero-order valence-corrected chi connectivity index (χ0v) is 16.9. The number of aromatic hydroxyl groups is 1. The lowest BCUT2D eigenvalue weighted by Crippen LogP contribution is -2.49. The number of aromatic nitrogens is 1. The Hall–Kier alpha value is -1.57. The van der Waals surface area contributed by atoms with Crippen molar-refractivity contribution in [3.8, 4) is 17.0 Å². The van der Waals surface area contributed by atoms with E-state index < -0.39 is 0 Å². The van der Waals surface area contributed by atoms with Gasteiger partial charge in [0.2, 0.25) is 0 Å². The standard InChI is InChI=1S/C20H23Cl2N3O3/c21-13-3-1-2-12(18(13)22)19-16(27)8-15(14(9-26)24-19)25-6-4-20(5-7-25)11-28-10-17(20)23/h1-3,8,17,26-27H,4-7,9-11,23H2/t17-/m1/s1. The number of hydrogen-bond donors (Lipinski definition) is 3. The zero-order chi connectivity index (χ0) is 19.9. The number of nitrogens with two attached hydrogens (primary N) is 1. The summed E-state index contributed by atoms with van der Waals surface area (Å²) >= 11 is 12.4. The van der Waals surface area contributed by atoms with Crippen LogP contribution < -0.4 is 10.6 Å². The van der Waals surface area contributed by atoms with Crippen LogP contribution in [0.2, 0.25) is 10.0 Å². The molecule has 28 heavy (non-hydrogen) atoms. The molecule has 2 aromatic rings. The third-order valence-corrected chi connectivity index (χ3v) is 6.81. The average molecular weight is 424 g/mol. The number of pyridine rings is 1. The van der Waals surface area contributed by atoms with Crippen molar-refractivity contribution in [2.45, 2.75) is 25.5 Å². The summed E-state index contributed by atoms with van der Waals surface area (Å²) in [5, 5.41) is 21.3. The van der Waals surface area contributed by atoms with Crippen LogP contribution in [0.15, 0.2) is 24.3 Å². The zero-order valence-electron chi connectivity index (χ0n) is 15.4. The lowest BCUT2D eigenvalue weighted by molar-refractivity contribution is 0.131. The van der Waals surface area contributed by atoms with Gasteiger partial charge >= 0.3 is 0 Å². The average Bonchev–Trinajstić information content (AvgIpc) is 3.04. The first-order chi connectivity index (χ1) is 13.4. The van der Waals surface area contributed by atoms with Crippen molar-refractivity contribution in [2.75, 3.05) is 31.2 Å². The van der Waals surface area contributed by atoms with Crippen molar-refractivity contribution in [1.29, 1.82) is 0 Å². The molecule has 2 aliphatic rings. The lowest BCUT2D eigenvalue weighted by Gasteiger charge is -2.42. The van der Waals surface area contributed by atoms with E-state index in [9.17, 15) is 10.2 Å². The van der Waals surface area contributed by atoms with Gasteiger partial charge in [0.1, 0.15) is 11.4 Å². The first-order valence-electron chi connectivity index (χ1n) is 9.31. The number of anilines is 1. The predicted molar refractivity (Wildman–Crippen MR) is 110 cm³/mol. The van der Waals surface area contributed by atoms with E-state index in [0.29, 0.717) is 40.2 Å². The second kappa shape index (κ2) is 7.69. The van der Waals surface area contributed by atoms with Crippen LogP contribution in [-0.2, 0) is 11.3 Å². The molecule has 1 spiro atoms. The Kier molecular flexibility index (Phi) is 5.42. The van der Waals surface area contributed by atoms with Crippen molar-refractivity contribution in [3.05, 3.63) is 40.0 Å². The lowest BCUT2D eigenvalue weighted by atomic mass is 9.75. The molecule has 4 rings (SSSR count). The number of nitrogens with zero attached hydrogens (tertiary/aromatic N) is 2. The molecule has 8 heteroatoms. The van der Waals surface area contributed by atoms with E-state index >= 15 is 0 Å². The van der Waals surface area contributed by atoms with Gasteiger partial charge in [-0.3, -0.25) is 0 Å². The minimum atomic E-state index is -0.245. The number of hydrogen-bond acceptors (Lipinski definition) is 6. The summed E-state index contributed by atoms with van der Waals surface area (Å²) in [6, 6.07) is 6.86. The summed E-state index contributed by atoms with van der Waals surface area (Å²) < 4.78 is 5.58. The number of rotatable bonds is 3. The van der Waals surface area contributed by atoms with Gasteiger partial charge in [0.25, 0.3) is 0 Å². The van der Waals surface area contributed by atoms with E-state index in [0.717, 1.165) is 31.6 Å². The van der Waals surface area contributed by atoms with Crippen molar-refractivity contribution >= 4 is 28.9 Å². The molecule has 0 bridgehead atoms. The van der Waals surface area contributed by atoms with E-state index in [4.69, 9.17) is 33.7 Å². The van der Waals surface area contributed by atoms with E-state index in [-0.39, 0.29) is 23.8 Å². The van der Waals surface area contributed by atoms with Gasteiger partial charge in [-0.2, -0.15) is 0 Å². The number of benzene rings is 1. The summed E-state index contributed by atoms with van der Waals surface area (Å²) in [4.78, 5) is 6.64. The number of piperidine rings is 1. The number of halogens is 2. The van der Waals surface area contributed by atoms with Crippen LogP contribution in [0.4, 0.5) is 5.69 Å². The van der Waals surface area contributed by atoms with E-state index in [2.05, 4.69) is 9.88 Å². The van der Waals surface area contributed by atoms with Gasteiger partial charge in [-0.05, 0) is 18.9 Å². The van der Waals surface area contributed by atoms with E-state index in [1.165, 1.54) is 0 Å². The normalized spacial score (nSPS) is 21.4. The third kappa shape index (κ3) is 3.33. The summed E-state index contributed by atoms with van der Waals surface area (Å²) in [6.07, 6.45) is 1.81. The monoisotopic (exact) mass is 423 g/mol. The number of aliphatic hydroxyl groups excluding tert-OH is 1. The SMILES string of the molecule is N[C@@H]1COCC12CCN(c1cc(O)c(-c3cccc(Cl)c3Cl)nc1CO)CC2. The Labute approximate surface area is 173 Å². The van der Waals surface area contributed by atoms with Gasteiger partial charge in [0, 0.05) is 36.2 Å². The second-order valence-electron chi connectivity index (χ2n) is 7.55. The summed E-state index contributed by atoms with van der Waals surface area (Å²) in [7, 11) is 0. The maximum Gasteiger partial charge on any atom is 0.144 e. The van der Waals surface area contributed by atoms with Gasteiger partial charge in [-0.25, -0.2) is 4.98 Å². The topological polar surface area (TPSA) is 91.8 Å². The van der Waals surface area contributed by atoms with Crippen molar-refractivity contribution < 1.29 is 14.9 Å². The van der Waals surface area contributed by atoms with Crippen molar-refractivity contribution in [1.82, 2.24) is 4.98 Å². The fourth-order valence-electron chi connectivity index (χ4n) is 4.19. The molecule has 0 aliphatic carbocycles. The molecule has 150 valence electrons. The van der Waals surface area contributed by atoms with Gasteiger partial charge in [-0.1, -0.05) is 35.3 Å². The molecular formula is C20H23Cl2N3O3. The largest absolute Gasteiger partial charge is 0.506 e. The highest BCUT2D eigenvalue weighted by atomic mass is 35.5. The molecule has 1 atom stereocenters. The number of aliphatic hydroxyl groups is 1. The summed E-state index contributed by atoms with van der Waals surface area (Å²) in [5.74, 6) is -0.00226. The molecule has 2 fully saturated rings. The molecule has 0 unspecified atom stereocenters. The first kappa shape index (κ1) is 19.7. The van der Waals surface area contributed by atoms with Gasteiger partial charge in [0.05, 0.1) is 41.2 Å². The maximum absolute atomic E-state index is 10.6. The molecule has 1 aromatic carbocycles. The molecule has 0 amide bonds. The van der Waals surface area contributed by atoms with Crippen molar-refractivity contribution in [2.24, 2.45) is 11.1 Å². The Balaban J connectivity index is 1.64. The first-order valence-corrected chi connectivity index (χ1v) is 10.1. The minimum absolute atomic E-state index is 0.00226. The molecule has 4 N–H and O–H groups in total. The molecule has 0 radical (unpaired) electrons. The van der Waals surface area contributed by atoms with Gasteiger partial charge in [0.15, 0.2) is 0 Å². The minimum Gasteiger partial charge on any atom is -0.506 e. The van der Waals surface area contributed by atoms with Crippen LogP contribution in [0.25, 0.3) is 11.3 Å². The van der Waals surface area contributed by atoms with Crippen LogP contribution in [0.1, 0.15) is 18.5 Å². The maximum atomic E-state index is 10.6. The smallest absolute Gasteiger partial charge is 0.144 e. The predicted octanol–water partition coefficient (Wildman–Crippen LogP) is 3.20. The third-order valence-electron chi connectivity index (χ3n) is 5.99. The summed E-state index contributed by atoms with van der Waals surface area (Å²) in [6.45, 7) is 2.60. The highest BCUT2D eigenvalue weighted by Gasteiger charge is 2.44. The van der Waals surface area contributed by atoms with Gasteiger partial charge in [-0.15, -0.1) is 0 Å². The molecule has 2 saturated heterocycles. The Morgan fingerprint density at radius 3 is 2.68 bits per heavy atom. The fraction of sp³-hybridized carbons (Fsp3) is 0.450. The Morgan fingerprint density at radius 2 is 2.04 bits per heavy atom. The molecule has 0 saturated carbocycles. The molecule has 3 heterocycles. The Bertz CT molecular complexity index is 885. The number of ether oxygens (including phenoxy) is 1. The van der Waals surface area contributed by atoms with E-state index in [1.54, 1.807) is 24.3 Å². The van der Waals surface area contributed by atoms with Crippen LogP contribution in [0.3, 0.4) is 0 Å². The van der Waals surface area contributed by atoms with Crippen LogP contribution in [0.5, 0.6) is 5.75 Å². The quantitative estimate of drug-likeness (QED) is 0.701. The molecule has 1 aromatic heterocycles. The Morgan fingerprint density at radius 1 is 1.29 bits per heavy atom. The molecular weight excluding hydrogens is 401 g/mol. The van der Waals surface area contributed by atoms with Crippen molar-refractivity contribution in [3.63, 3.8) is 0 Å². The molecule has 6 nitrogen and oxygen atoms in total. The van der Waals surface area contributed by atoms with E-state index in [1.807, 2.05) is 0 Å². The highest BCUT2D eigenvalue weighted by molar-refractivity contribution is 6.43. The second-order valence-corrected chi connectivity index (χ2v) is 8.34. The van der Waals surface area contributed by atoms with Gasteiger partial charge < -0.3 is 25.6 Å². The van der Waals surface area contributed by atoms with Crippen LogP contribution in [0, 0.1) is 5.41 Å². The highest BCUT2D eigenvalue weighted by Crippen LogP contribution is 2.42. The fourth-order valence-corrected chi connectivity index (χ4v) is 4.58. The van der Waals surface area contributed by atoms with Crippen LogP contribution >= 0.6 is 23.2 Å². The summed E-state index contributed by atoms with van der Waals surface area (Å²) in [5.41, 5.74) is 8.34.